The Morgan fingerprint density at radius 1 is 1.03 bits per heavy atom. The highest BCUT2D eigenvalue weighted by molar-refractivity contribution is 6.31. The molecule has 4 amide bonds. The van der Waals surface area contributed by atoms with Crippen molar-refractivity contribution in [2.75, 3.05) is 4.90 Å². The van der Waals surface area contributed by atoms with Gasteiger partial charge in [-0.1, -0.05) is 29.3 Å². The minimum Gasteiger partial charge on any atom is -0.505 e. The number of rotatable bonds is 2. The van der Waals surface area contributed by atoms with Gasteiger partial charge in [0.15, 0.2) is 11.6 Å². The second-order valence-corrected chi connectivity index (χ2v) is 10.7. The van der Waals surface area contributed by atoms with Gasteiger partial charge in [0.2, 0.25) is 23.6 Å². The van der Waals surface area contributed by atoms with E-state index in [-0.39, 0.29) is 29.5 Å². The Balaban J connectivity index is 1.54. The van der Waals surface area contributed by atoms with Gasteiger partial charge in [-0.25, -0.2) is 13.7 Å². The summed E-state index contributed by atoms with van der Waals surface area (Å²) in [5.41, 5.74) is -0.219. The zero-order valence-corrected chi connectivity index (χ0v) is 20.3. The van der Waals surface area contributed by atoms with Crippen molar-refractivity contribution in [3.05, 3.63) is 70.3 Å². The first kappa shape index (κ1) is 23.8. The molecule has 6 unspecified atom stereocenters. The van der Waals surface area contributed by atoms with Crippen LogP contribution in [-0.2, 0) is 19.2 Å². The fraction of sp³-hybridized carbons (Fsp3) is 0.333. The van der Waals surface area contributed by atoms with Crippen molar-refractivity contribution < 1.29 is 33.1 Å². The molecule has 4 aliphatic rings. The number of anilines is 1. The highest BCUT2D eigenvalue weighted by Gasteiger charge is 2.67. The Labute approximate surface area is 215 Å². The number of hydrogen-bond acceptors (Lipinski definition) is 5. The number of imide groups is 2. The predicted molar refractivity (Wildman–Crippen MR) is 127 cm³/mol. The van der Waals surface area contributed by atoms with E-state index in [1.807, 2.05) is 6.08 Å². The van der Waals surface area contributed by atoms with E-state index < -0.39 is 70.1 Å². The number of fused-ring (bicyclic) bond motifs is 4. The molecule has 1 saturated carbocycles. The third kappa shape index (κ3) is 3.16. The molecule has 190 valence electrons. The summed E-state index contributed by atoms with van der Waals surface area (Å²) in [5, 5.41) is 11.9. The summed E-state index contributed by atoms with van der Waals surface area (Å²) in [6.45, 7) is 1.64. The van der Waals surface area contributed by atoms with E-state index in [1.54, 1.807) is 6.92 Å². The van der Waals surface area contributed by atoms with Crippen molar-refractivity contribution in [3.8, 4) is 5.75 Å². The molecule has 2 aliphatic heterocycles. The van der Waals surface area contributed by atoms with Gasteiger partial charge < -0.3 is 5.11 Å². The maximum absolute atomic E-state index is 14.6. The molecule has 0 spiro atoms. The zero-order chi connectivity index (χ0) is 26.4. The fourth-order valence-electron chi connectivity index (χ4n) is 6.88. The Hall–Kier alpha value is -3.59. The highest BCUT2D eigenvalue weighted by atomic mass is 35.5. The number of phenols is 1. The van der Waals surface area contributed by atoms with E-state index in [0.29, 0.717) is 11.1 Å². The van der Waals surface area contributed by atoms with Crippen LogP contribution in [0.25, 0.3) is 0 Å². The van der Waals surface area contributed by atoms with Crippen LogP contribution in [0.15, 0.2) is 48.0 Å². The number of aromatic hydroxyl groups is 1. The standard InChI is InChI=1S/C27H21ClF2N2O5/c1-27-16(25(36)32(26(27)37)12-3-6-18(29)17(28)9-12)10-15-13(4-5-14-21(15)24(35)31-23(14)34)22(27)11-2-7-20(33)19(30)8-11/h2-4,6-9,14-16,21-22,33H,5,10H2,1H3,(H,31,34,35). The summed E-state index contributed by atoms with van der Waals surface area (Å²) in [7, 11) is 0. The number of benzene rings is 2. The topological polar surface area (TPSA) is 104 Å². The van der Waals surface area contributed by atoms with Gasteiger partial charge >= 0.3 is 0 Å². The van der Waals surface area contributed by atoms with E-state index >= 15 is 0 Å². The normalized spacial score (nSPS) is 32.6. The van der Waals surface area contributed by atoms with Crippen LogP contribution in [0, 0.1) is 40.7 Å². The third-order valence-corrected chi connectivity index (χ3v) is 8.87. The van der Waals surface area contributed by atoms with Gasteiger partial charge in [0.25, 0.3) is 0 Å². The lowest BCUT2D eigenvalue weighted by Gasteiger charge is -2.49. The van der Waals surface area contributed by atoms with Gasteiger partial charge in [-0.2, -0.15) is 0 Å². The molecule has 2 saturated heterocycles. The third-order valence-electron chi connectivity index (χ3n) is 8.58. The second kappa shape index (κ2) is 7.95. The summed E-state index contributed by atoms with van der Waals surface area (Å²) in [6.07, 6.45) is 2.23. The van der Waals surface area contributed by atoms with Gasteiger partial charge in [0.1, 0.15) is 5.82 Å². The average Bonchev–Trinajstić information content (AvgIpc) is 3.25. The van der Waals surface area contributed by atoms with Crippen molar-refractivity contribution in [2.24, 2.45) is 29.1 Å². The van der Waals surface area contributed by atoms with Gasteiger partial charge in [-0.05, 0) is 61.6 Å². The lowest BCUT2D eigenvalue weighted by Crippen LogP contribution is -2.48. The molecular formula is C27H21ClF2N2O5. The second-order valence-electron chi connectivity index (χ2n) is 10.3. The van der Waals surface area contributed by atoms with E-state index in [0.717, 1.165) is 17.0 Å². The smallest absolute Gasteiger partial charge is 0.241 e. The van der Waals surface area contributed by atoms with Crippen molar-refractivity contribution >= 4 is 40.9 Å². The van der Waals surface area contributed by atoms with Crippen LogP contribution in [0.1, 0.15) is 31.2 Å². The Morgan fingerprint density at radius 3 is 2.49 bits per heavy atom. The van der Waals surface area contributed by atoms with Gasteiger partial charge in [0.05, 0.1) is 33.9 Å². The highest BCUT2D eigenvalue weighted by Crippen LogP contribution is 2.63. The average molecular weight is 527 g/mol. The molecule has 0 aromatic heterocycles. The number of halogens is 3. The van der Waals surface area contributed by atoms with Gasteiger partial charge in [-0.3, -0.25) is 24.5 Å². The quantitative estimate of drug-likeness (QED) is 0.457. The Morgan fingerprint density at radius 2 is 1.78 bits per heavy atom. The molecule has 2 N–H and O–H groups in total. The summed E-state index contributed by atoms with van der Waals surface area (Å²) in [6, 6.07) is 7.37. The maximum atomic E-state index is 14.6. The number of hydrogen-bond donors (Lipinski definition) is 2. The Kier molecular flexibility index (Phi) is 5.11. The minimum atomic E-state index is -1.38. The zero-order valence-electron chi connectivity index (χ0n) is 19.5. The number of phenolic OH excluding ortho intramolecular Hbond substituents is 1. The lowest BCUT2D eigenvalue weighted by molar-refractivity contribution is -0.131. The molecule has 2 heterocycles. The molecule has 2 aromatic rings. The number of amides is 4. The summed E-state index contributed by atoms with van der Waals surface area (Å²) in [4.78, 5) is 54.1. The molecular weight excluding hydrogens is 506 g/mol. The van der Waals surface area contributed by atoms with Gasteiger partial charge in [-0.15, -0.1) is 0 Å². The lowest BCUT2D eigenvalue weighted by atomic mass is 9.51. The number of carbonyl (C=O) groups is 4. The van der Waals surface area contributed by atoms with Crippen LogP contribution < -0.4 is 10.2 Å². The van der Waals surface area contributed by atoms with Crippen molar-refractivity contribution in [1.82, 2.24) is 5.32 Å². The number of allylic oxidation sites excluding steroid dienone is 2. The molecule has 2 aromatic carbocycles. The number of nitrogens with one attached hydrogen (secondary N) is 1. The van der Waals surface area contributed by atoms with Crippen LogP contribution in [0.4, 0.5) is 14.5 Å². The van der Waals surface area contributed by atoms with Crippen molar-refractivity contribution in [2.45, 2.75) is 25.7 Å². The van der Waals surface area contributed by atoms with E-state index in [4.69, 9.17) is 11.6 Å². The summed E-state index contributed by atoms with van der Waals surface area (Å²) in [5.74, 6) is -7.59. The SMILES string of the molecule is CC12C(=O)N(c3ccc(F)c(Cl)c3)C(=O)C1CC1C(=CCC3C(=O)NC(=O)C31)C2c1ccc(O)c(F)c1. The van der Waals surface area contributed by atoms with E-state index in [2.05, 4.69) is 5.32 Å². The number of nitrogens with zero attached hydrogens (tertiary/aromatic N) is 1. The first-order chi connectivity index (χ1) is 17.5. The monoisotopic (exact) mass is 526 g/mol. The van der Waals surface area contributed by atoms with Crippen LogP contribution in [0.5, 0.6) is 5.75 Å². The molecule has 6 atom stereocenters. The Bertz CT molecular complexity index is 1460. The fourth-order valence-corrected chi connectivity index (χ4v) is 7.05. The van der Waals surface area contributed by atoms with E-state index in [1.165, 1.54) is 24.3 Å². The number of carbonyl (C=O) groups excluding carboxylic acids is 4. The van der Waals surface area contributed by atoms with Crippen LogP contribution in [-0.4, -0.2) is 28.7 Å². The van der Waals surface area contributed by atoms with Crippen LogP contribution >= 0.6 is 11.6 Å². The van der Waals surface area contributed by atoms with Crippen LogP contribution in [0.3, 0.4) is 0 Å². The van der Waals surface area contributed by atoms with Gasteiger partial charge in [0, 0.05) is 5.92 Å². The first-order valence-corrected chi connectivity index (χ1v) is 12.3. The minimum absolute atomic E-state index is 0.108. The largest absolute Gasteiger partial charge is 0.505 e. The molecule has 7 nitrogen and oxygen atoms in total. The summed E-state index contributed by atoms with van der Waals surface area (Å²) < 4.78 is 28.4. The van der Waals surface area contributed by atoms with Crippen molar-refractivity contribution in [3.63, 3.8) is 0 Å². The first-order valence-electron chi connectivity index (χ1n) is 11.9. The maximum Gasteiger partial charge on any atom is 0.241 e. The summed E-state index contributed by atoms with van der Waals surface area (Å²) >= 11 is 5.95. The molecule has 0 radical (unpaired) electrons. The molecule has 37 heavy (non-hydrogen) atoms. The molecule has 2 aliphatic carbocycles. The van der Waals surface area contributed by atoms with Crippen molar-refractivity contribution in [1.29, 1.82) is 0 Å². The van der Waals surface area contributed by atoms with E-state index in [9.17, 15) is 33.1 Å². The predicted octanol–water partition coefficient (Wildman–Crippen LogP) is 3.84. The molecule has 6 rings (SSSR count). The van der Waals surface area contributed by atoms with Crippen LogP contribution in [0.2, 0.25) is 5.02 Å². The molecule has 10 heteroatoms. The molecule has 3 fully saturated rings. The molecule has 0 bridgehead atoms.